The zero-order valence-corrected chi connectivity index (χ0v) is 13.8. The summed E-state index contributed by atoms with van der Waals surface area (Å²) in [4.78, 5) is 11.9. The third kappa shape index (κ3) is 6.06. The lowest BCUT2D eigenvalue weighted by Crippen LogP contribution is -2.42. The first-order valence-electron chi connectivity index (χ1n) is 8.07. The maximum absolute atomic E-state index is 11.9. The Bertz CT molecular complexity index is 467. The van der Waals surface area contributed by atoms with E-state index in [1.165, 1.54) is 0 Å². The summed E-state index contributed by atoms with van der Waals surface area (Å²) >= 11 is 0. The standard InChI is InChI=1S/C18H27NO3/c1-18(2,3)22-16-11-7-10-15(12-16)19-17(20)21-13-14-8-5-4-6-9-14/h4-6,8-9,15-16H,7,10-13H2,1-3H3,(H,19,20)/t15-,16+/m0/s1. The molecule has 2 atom stereocenters. The molecule has 1 saturated carbocycles. The molecule has 0 spiro atoms. The van der Waals surface area contributed by atoms with Crippen LogP contribution in [-0.2, 0) is 16.1 Å². The molecule has 0 radical (unpaired) electrons. The largest absolute Gasteiger partial charge is 0.445 e. The minimum atomic E-state index is -0.342. The van der Waals surface area contributed by atoms with E-state index in [9.17, 15) is 4.79 Å². The van der Waals surface area contributed by atoms with Crippen LogP contribution in [0.4, 0.5) is 4.79 Å². The smallest absolute Gasteiger partial charge is 0.407 e. The third-order valence-corrected chi connectivity index (χ3v) is 3.68. The van der Waals surface area contributed by atoms with E-state index in [-0.39, 0.29) is 23.8 Å². The lowest BCUT2D eigenvalue weighted by molar-refractivity contribution is -0.0772. The van der Waals surface area contributed by atoms with E-state index < -0.39 is 0 Å². The predicted octanol–water partition coefficient (Wildman–Crippen LogP) is 4.04. The fourth-order valence-corrected chi connectivity index (χ4v) is 2.81. The summed E-state index contributed by atoms with van der Waals surface area (Å²) in [6.07, 6.45) is 3.86. The topological polar surface area (TPSA) is 47.6 Å². The molecule has 0 heterocycles. The quantitative estimate of drug-likeness (QED) is 0.913. The second-order valence-corrected chi connectivity index (χ2v) is 6.92. The highest BCUT2D eigenvalue weighted by Gasteiger charge is 2.27. The van der Waals surface area contributed by atoms with E-state index in [0.717, 1.165) is 31.2 Å². The van der Waals surface area contributed by atoms with Gasteiger partial charge in [-0.25, -0.2) is 4.79 Å². The lowest BCUT2D eigenvalue weighted by Gasteiger charge is -2.34. The van der Waals surface area contributed by atoms with E-state index in [4.69, 9.17) is 9.47 Å². The molecule has 0 aromatic heterocycles. The first-order valence-corrected chi connectivity index (χ1v) is 8.07. The van der Waals surface area contributed by atoms with Crippen molar-refractivity contribution in [2.24, 2.45) is 0 Å². The fraction of sp³-hybridized carbons (Fsp3) is 0.611. The van der Waals surface area contributed by atoms with Gasteiger partial charge in [0.1, 0.15) is 6.61 Å². The van der Waals surface area contributed by atoms with Crippen LogP contribution < -0.4 is 5.32 Å². The first-order chi connectivity index (χ1) is 10.4. The monoisotopic (exact) mass is 305 g/mol. The lowest BCUT2D eigenvalue weighted by atomic mass is 9.92. The Balaban J connectivity index is 1.74. The molecular formula is C18H27NO3. The van der Waals surface area contributed by atoms with Crippen molar-refractivity contribution in [2.75, 3.05) is 0 Å². The highest BCUT2D eigenvalue weighted by atomic mass is 16.5. The van der Waals surface area contributed by atoms with Gasteiger partial charge in [0.05, 0.1) is 11.7 Å². The Labute approximate surface area is 133 Å². The molecule has 1 amide bonds. The summed E-state index contributed by atoms with van der Waals surface area (Å²) in [7, 11) is 0. The van der Waals surface area contributed by atoms with Crippen molar-refractivity contribution in [3.63, 3.8) is 0 Å². The number of carbonyl (C=O) groups is 1. The number of amides is 1. The van der Waals surface area contributed by atoms with Gasteiger partial charge in [0.15, 0.2) is 0 Å². The molecule has 4 nitrogen and oxygen atoms in total. The van der Waals surface area contributed by atoms with E-state index in [0.29, 0.717) is 6.61 Å². The Morgan fingerprint density at radius 1 is 1.23 bits per heavy atom. The van der Waals surface area contributed by atoms with Gasteiger partial charge in [0, 0.05) is 6.04 Å². The third-order valence-electron chi connectivity index (χ3n) is 3.68. The highest BCUT2D eigenvalue weighted by Crippen LogP contribution is 2.25. The molecule has 1 aliphatic carbocycles. The van der Waals surface area contributed by atoms with Gasteiger partial charge in [-0.1, -0.05) is 30.3 Å². The van der Waals surface area contributed by atoms with Crippen LogP contribution in [0, 0.1) is 0 Å². The second kappa shape index (κ2) is 7.63. The van der Waals surface area contributed by atoms with Gasteiger partial charge in [-0.2, -0.15) is 0 Å². The van der Waals surface area contributed by atoms with E-state index in [2.05, 4.69) is 26.1 Å². The number of carbonyl (C=O) groups excluding carboxylic acids is 1. The number of benzene rings is 1. The van der Waals surface area contributed by atoms with E-state index >= 15 is 0 Å². The van der Waals surface area contributed by atoms with Gasteiger partial charge in [-0.3, -0.25) is 0 Å². The maximum atomic E-state index is 11.9. The Hall–Kier alpha value is -1.55. The van der Waals surface area contributed by atoms with E-state index in [1.54, 1.807) is 0 Å². The van der Waals surface area contributed by atoms with E-state index in [1.807, 2.05) is 30.3 Å². The van der Waals surface area contributed by atoms with Crippen molar-refractivity contribution in [3.8, 4) is 0 Å². The fourth-order valence-electron chi connectivity index (χ4n) is 2.81. The Morgan fingerprint density at radius 2 is 1.95 bits per heavy atom. The number of hydrogen-bond donors (Lipinski definition) is 1. The average molecular weight is 305 g/mol. The second-order valence-electron chi connectivity index (χ2n) is 6.92. The molecule has 0 bridgehead atoms. The van der Waals surface area contributed by atoms with Crippen molar-refractivity contribution in [3.05, 3.63) is 35.9 Å². The minimum Gasteiger partial charge on any atom is -0.445 e. The summed E-state index contributed by atoms with van der Waals surface area (Å²) in [5.74, 6) is 0. The Kier molecular flexibility index (Phi) is 5.83. The van der Waals surface area contributed by atoms with Gasteiger partial charge < -0.3 is 14.8 Å². The number of hydrogen-bond acceptors (Lipinski definition) is 3. The zero-order valence-electron chi connectivity index (χ0n) is 13.8. The highest BCUT2D eigenvalue weighted by molar-refractivity contribution is 5.67. The van der Waals surface area contributed by atoms with Crippen LogP contribution >= 0.6 is 0 Å². The van der Waals surface area contributed by atoms with Crippen LogP contribution in [0.2, 0.25) is 0 Å². The van der Waals surface area contributed by atoms with Crippen molar-refractivity contribution < 1.29 is 14.3 Å². The normalized spacial score (nSPS) is 22.1. The summed E-state index contributed by atoms with van der Waals surface area (Å²) in [6.45, 7) is 6.51. The van der Waals surface area contributed by atoms with Crippen molar-refractivity contribution >= 4 is 6.09 Å². The molecule has 1 N–H and O–H groups in total. The van der Waals surface area contributed by atoms with Gasteiger partial charge >= 0.3 is 6.09 Å². The van der Waals surface area contributed by atoms with Crippen LogP contribution in [0.1, 0.15) is 52.0 Å². The first kappa shape index (κ1) is 16.8. The summed E-state index contributed by atoms with van der Waals surface area (Å²) in [6, 6.07) is 9.85. The van der Waals surface area contributed by atoms with Crippen LogP contribution in [0.25, 0.3) is 0 Å². The van der Waals surface area contributed by atoms with Crippen LogP contribution in [0.3, 0.4) is 0 Å². The van der Waals surface area contributed by atoms with Crippen molar-refractivity contribution in [1.82, 2.24) is 5.32 Å². The SMILES string of the molecule is CC(C)(C)O[C@@H]1CCC[C@H](NC(=O)OCc2ccccc2)C1. The molecule has 4 heteroatoms. The molecule has 22 heavy (non-hydrogen) atoms. The van der Waals surface area contributed by atoms with Crippen LogP contribution in [0.5, 0.6) is 0 Å². The maximum Gasteiger partial charge on any atom is 0.407 e. The molecule has 0 unspecified atom stereocenters. The number of ether oxygens (including phenoxy) is 2. The zero-order chi connectivity index (χ0) is 16.0. The van der Waals surface area contributed by atoms with Crippen molar-refractivity contribution in [1.29, 1.82) is 0 Å². The molecule has 1 aromatic rings. The van der Waals surface area contributed by atoms with Gasteiger partial charge in [-0.05, 0) is 52.0 Å². The minimum absolute atomic E-state index is 0.139. The van der Waals surface area contributed by atoms with Crippen LogP contribution in [-0.4, -0.2) is 23.8 Å². The number of rotatable bonds is 4. The average Bonchev–Trinajstić information content (AvgIpc) is 2.45. The predicted molar refractivity (Wildman–Crippen MR) is 86.6 cm³/mol. The number of nitrogens with one attached hydrogen (secondary N) is 1. The molecule has 122 valence electrons. The molecule has 2 rings (SSSR count). The molecule has 0 aliphatic heterocycles. The molecular weight excluding hydrogens is 278 g/mol. The molecule has 1 fully saturated rings. The van der Waals surface area contributed by atoms with Gasteiger partial charge in [0.2, 0.25) is 0 Å². The summed E-state index contributed by atoms with van der Waals surface area (Å²) in [5.41, 5.74) is 0.857. The van der Waals surface area contributed by atoms with Gasteiger partial charge in [-0.15, -0.1) is 0 Å². The van der Waals surface area contributed by atoms with Crippen LogP contribution in [0.15, 0.2) is 30.3 Å². The van der Waals surface area contributed by atoms with Crippen molar-refractivity contribution in [2.45, 2.75) is 70.8 Å². The molecule has 0 saturated heterocycles. The molecule has 1 aliphatic rings. The Morgan fingerprint density at radius 3 is 2.64 bits per heavy atom. The molecule has 1 aromatic carbocycles. The summed E-state index contributed by atoms with van der Waals surface area (Å²) < 4.78 is 11.3. The van der Waals surface area contributed by atoms with Gasteiger partial charge in [0.25, 0.3) is 0 Å². The number of alkyl carbamates (subject to hydrolysis) is 1. The summed E-state index contributed by atoms with van der Waals surface area (Å²) in [5, 5.41) is 2.96.